The van der Waals surface area contributed by atoms with E-state index in [1.807, 2.05) is 6.20 Å². The molecule has 17 heavy (non-hydrogen) atoms. The Morgan fingerprint density at radius 2 is 2.06 bits per heavy atom. The molecule has 0 amide bonds. The Morgan fingerprint density at radius 1 is 1.29 bits per heavy atom. The Hall–Kier alpha value is -0.980. The number of hydrogen-bond donors (Lipinski definition) is 1. The summed E-state index contributed by atoms with van der Waals surface area (Å²) < 4.78 is 0. The van der Waals surface area contributed by atoms with Crippen LogP contribution in [-0.4, -0.2) is 4.98 Å². The van der Waals surface area contributed by atoms with Crippen molar-refractivity contribution in [3.63, 3.8) is 0 Å². The van der Waals surface area contributed by atoms with E-state index < -0.39 is 0 Å². The normalized spacial score (nSPS) is 14.4. The van der Waals surface area contributed by atoms with Gasteiger partial charge in [0.15, 0.2) is 0 Å². The van der Waals surface area contributed by atoms with E-state index in [0.717, 1.165) is 0 Å². The van der Waals surface area contributed by atoms with Crippen LogP contribution in [0.4, 0.5) is 0 Å². The molecule has 1 N–H and O–H groups in total. The van der Waals surface area contributed by atoms with E-state index >= 15 is 0 Å². The van der Waals surface area contributed by atoms with E-state index in [-0.39, 0.29) is 5.41 Å². The van der Waals surface area contributed by atoms with Gasteiger partial charge in [-0.15, -0.1) is 0 Å². The van der Waals surface area contributed by atoms with Crippen molar-refractivity contribution in [2.75, 3.05) is 0 Å². The van der Waals surface area contributed by atoms with Crippen LogP contribution in [-0.2, 0) is 0 Å². The molecule has 0 aliphatic rings. The van der Waals surface area contributed by atoms with Gasteiger partial charge in [-0.25, -0.2) is 0 Å². The first-order valence-corrected chi connectivity index (χ1v) is 6.85. The molecule has 0 fully saturated rings. The molecule has 0 aliphatic carbocycles. The van der Waals surface area contributed by atoms with Gasteiger partial charge in [-0.1, -0.05) is 52.7 Å². The summed E-state index contributed by atoms with van der Waals surface area (Å²) in [7, 11) is 0. The standard InChI is InChI=1S/C16H27N/c1-5-6-7-8-9-11-14(16(2,3)4)15-12-10-13-17-15/h9-14,17H,5-8H2,1-4H3. The maximum absolute atomic E-state index is 3.34. The molecule has 1 heteroatoms. The molecular formula is C16H27N. The van der Waals surface area contributed by atoms with Crippen molar-refractivity contribution < 1.29 is 0 Å². The average molecular weight is 233 g/mol. The molecule has 1 heterocycles. The molecule has 1 unspecified atom stereocenters. The molecule has 1 rings (SSSR count). The highest BCUT2D eigenvalue weighted by atomic mass is 14.7. The van der Waals surface area contributed by atoms with Gasteiger partial charge in [0.2, 0.25) is 0 Å². The summed E-state index contributed by atoms with van der Waals surface area (Å²) in [6, 6.07) is 4.27. The van der Waals surface area contributed by atoms with Crippen molar-refractivity contribution >= 4 is 0 Å². The lowest BCUT2D eigenvalue weighted by atomic mass is 9.78. The molecule has 1 nitrogen and oxygen atoms in total. The molecule has 0 spiro atoms. The van der Waals surface area contributed by atoms with Crippen molar-refractivity contribution in [3.8, 4) is 0 Å². The fourth-order valence-electron chi connectivity index (χ4n) is 2.14. The van der Waals surface area contributed by atoms with Crippen LogP contribution in [0.2, 0.25) is 0 Å². The second kappa shape index (κ2) is 6.68. The van der Waals surface area contributed by atoms with Crippen molar-refractivity contribution in [3.05, 3.63) is 36.2 Å². The molecule has 0 saturated heterocycles. The Balaban J connectivity index is 2.60. The number of unbranched alkanes of at least 4 members (excludes halogenated alkanes) is 3. The van der Waals surface area contributed by atoms with Crippen molar-refractivity contribution in [1.82, 2.24) is 4.98 Å². The molecule has 1 aromatic rings. The van der Waals surface area contributed by atoms with Gasteiger partial charge in [-0.2, -0.15) is 0 Å². The molecule has 0 radical (unpaired) electrons. The van der Waals surface area contributed by atoms with Crippen LogP contribution in [0, 0.1) is 5.41 Å². The highest BCUT2D eigenvalue weighted by molar-refractivity contribution is 5.19. The molecule has 96 valence electrons. The summed E-state index contributed by atoms with van der Waals surface area (Å²) in [5.41, 5.74) is 1.59. The Bertz CT molecular complexity index is 314. The van der Waals surface area contributed by atoms with Gasteiger partial charge < -0.3 is 4.98 Å². The maximum atomic E-state index is 3.34. The van der Waals surface area contributed by atoms with Crippen LogP contribution in [0.5, 0.6) is 0 Å². The summed E-state index contributed by atoms with van der Waals surface area (Å²) in [6.07, 6.45) is 11.9. The molecule has 1 atom stereocenters. The highest BCUT2D eigenvalue weighted by Crippen LogP contribution is 2.35. The van der Waals surface area contributed by atoms with Crippen molar-refractivity contribution in [2.24, 2.45) is 5.41 Å². The molecule has 0 aromatic carbocycles. The SMILES string of the molecule is CCCCCC=CC(c1ccc[nH]1)C(C)(C)C. The van der Waals surface area contributed by atoms with Gasteiger partial charge >= 0.3 is 0 Å². The minimum absolute atomic E-state index is 0.270. The van der Waals surface area contributed by atoms with E-state index in [4.69, 9.17) is 0 Å². The zero-order valence-corrected chi connectivity index (χ0v) is 11.8. The fraction of sp³-hybridized carbons (Fsp3) is 0.625. The smallest absolute Gasteiger partial charge is 0.0222 e. The van der Waals surface area contributed by atoms with Gasteiger partial charge in [0, 0.05) is 17.8 Å². The maximum Gasteiger partial charge on any atom is 0.0222 e. The van der Waals surface area contributed by atoms with E-state index in [1.54, 1.807) is 0 Å². The lowest BCUT2D eigenvalue weighted by Crippen LogP contribution is -2.16. The molecule has 0 bridgehead atoms. The molecule has 0 aliphatic heterocycles. The number of H-pyrrole nitrogens is 1. The monoisotopic (exact) mass is 233 g/mol. The number of hydrogen-bond acceptors (Lipinski definition) is 0. The van der Waals surface area contributed by atoms with Gasteiger partial charge in [0.1, 0.15) is 0 Å². The lowest BCUT2D eigenvalue weighted by Gasteiger charge is -2.27. The second-order valence-corrected chi connectivity index (χ2v) is 5.89. The Labute approximate surface area is 106 Å². The third kappa shape index (κ3) is 4.80. The van der Waals surface area contributed by atoms with E-state index in [9.17, 15) is 0 Å². The second-order valence-electron chi connectivity index (χ2n) is 5.89. The highest BCUT2D eigenvalue weighted by Gasteiger charge is 2.24. The minimum Gasteiger partial charge on any atom is -0.364 e. The predicted octanol–water partition coefficient (Wildman–Crippen LogP) is 5.28. The molecule has 0 saturated carbocycles. The van der Waals surface area contributed by atoms with Gasteiger partial charge in [-0.3, -0.25) is 0 Å². The summed E-state index contributed by atoms with van der Waals surface area (Å²) in [4.78, 5) is 3.34. The van der Waals surface area contributed by atoms with E-state index in [0.29, 0.717) is 5.92 Å². The Kier molecular flexibility index (Phi) is 5.54. The van der Waals surface area contributed by atoms with Gasteiger partial charge in [-0.05, 0) is 30.4 Å². The summed E-state index contributed by atoms with van der Waals surface area (Å²) in [5.74, 6) is 0.485. The van der Waals surface area contributed by atoms with Crippen LogP contribution in [0.15, 0.2) is 30.5 Å². The zero-order chi connectivity index (χ0) is 12.7. The zero-order valence-electron chi connectivity index (χ0n) is 11.8. The number of aromatic amines is 1. The lowest BCUT2D eigenvalue weighted by molar-refractivity contribution is 0.361. The van der Waals surface area contributed by atoms with Crippen LogP contribution < -0.4 is 0 Å². The third-order valence-corrected chi connectivity index (χ3v) is 3.19. The number of rotatable bonds is 6. The number of aromatic nitrogens is 1. The van der Waals surface area contributed by atoms with Crippen LogP contribution >= 0.6 is 0 Å². The fourth-order valence-corrected chi connectivity index (χ4v) is 2.14. The average Bonchev–Trinajstić information content (AvgIpc) is 2.74. The van der Waals surface area contributed by atoms with E-state index in [1.165, 1.54) is 31.4 Å². The summed E-state index contributed by atoms with van der Waals surface area (Å²) >= 11 is 0. The summed E-state index contributed by atoms with van der Waals surface area (Å²) in [6.45, 7) is 9.15. The first-order valence-electron chi connectivity index (χ1n) is 6.85. The number of allylic oxidation sites excluding steroid dienone is 2. The van der Waals surface area contributed by atoms with Crippen LogP contribution in [0.3, 0.4) is 0 Å². The van der Waals surface area contributed by atoms with Gasteiger partial charge in [0.25, 0.3) is 0 Å². The topological polar surface area (TPSA) is 15.8 Å². The Morgan fingerprint density at radius 3 is 2.59 bits per heavy atom. The largest absolute Gasteiger partial charge is 0.364 e. The first-order chi connectivity index (χ1) is 8.05. The molecular weight excluding hydrogens is 206 g/mol. The van der Waals surface area contributed by atoms with Gasteiger partial charge in [0.05, 0.1) is 0 Å². The first kappa shape index (κ1) is 14.1. The molecule has 1 aromatic heterocycles. The minimum atomic E-state index is 0.270. The van der Waals surface area contributed by atoms with E-state index in [2.05, 4.69) is 57.0 Å². The summed E-state index contributed by atoms with van der Waals surface area (Å²) in [5, 5.41) is 0. The quantitative estimate of drug-likeness (QED) is 0.508. The van der Waals surface area contributed by atoms with Crippen LogP contribution in [0.1, 0.15) is 65.0 Å². The van der Waals surface area contributed by atoms with Crippen molar-refractivity contribution in [2.45, 2.75) is 59.3 Å². The predicted molar refractivity (Wildman–Crippen MR) is 76.3 cm³/mol. The number of nitrogens with one attached hydrogen (secondary N) is 1. The third-order valence-electron chi connectivity index (χ3n) is 3.19. The van der Waals surface area contributed by atoms with Crippen LogP contribution in [0.25, 0.3) is 0 Å². The van der Waals surface area contributed by atoms with Crippen molar-refractivity contribution in [1.29, 1.82) is 0 Å².